The molecule has 1 aliphatic heterocycles. The highest BCUT2D eigenvalue weighted by Crippen LogP contribution is 2.15. The predicted octanol–water partition coefficient (Wildman–Crippen LogP) is 2.05. The van der Waals surface area contributed by atoms with E-state index in [0.29, 0.717) is 18.0 Å². The van der Waals surface area contributed by atoms with Crippen molar-refractivity contribution in [1.29, 1.82) is 0 Å². The van der Waals surface area contributed by atoms with E-state index in [2.05, 4.69) is 25.6 Å². The average Bonchev–Trinajstić information content (AvgIpc) is 3.29. The number of pyridine rings is 1. The number of halogens is 2. The first-order chi connectivity index (χ1) is 12.3. The molecule has 4 rings (SSSR count). The first-order valence-electron chi connectivity index (χ1n) is 8.48. The molecular formula is C18H22Cl2N6O. The van der Waals surface area contributed by atoms with Crippen LogP contribution in [0.5, 0.6) is 0 Å². The number of amides is 1. The Morgan fingerprint density at radius 1 is 1.26 bits per heavy atom. The monoisotopic (exact) mass is 408 g/mol. The Kier molecular flexibility index (Phi) is 7.53. The molecular weight excluding hydrogens is 387 g/mol. The van der Waals surface area contributed by atoms with Crippen molar-refractivity contribution >= 4 is 36.4 Å². The minimum atomic E-state index is -0.130. The fourth-order valence-corrected chi connectivity index (χ4v) is 3.20. The summed E-state index contributed by atoms with van der Waals surface area (Å²) in [5.74, 6) is 0.501. The van der Waals surface area contributed by atoms with Crippen LogP contribution in [0.15, 0.2) is 43.2 Å². The molecule has 7 nitrogen and oxygen atoms in total. The molecule has 1 unspecified atom stereocenters. The Bertz CT molecular complexity index is 861. The summed E-state index contributed by atoms with van der Waals surface area (Å²) in [6.45, 7) is 2.49. The molecule has 0 bridgehead atoms. The van der Waals surface area contributed by atoms with E-state index in [9.17, 15) is 4.79 Å². The highest BCUT2D eigenvalue weighted by Gasteiger charge is 2.16. The second-order valence-electron chi connectivity index (χ2n) is 6.40. The molecule has 1 amide bonds. The highest BCUT2D eigenvalue weighted by molar-refractivity contribution is 5.93. The van der Waals surface area contributed by atoms with E-state index in [4.69, 9.17) is 0 Å². The number of nitrogens with one attached hydrogen (secondary N) is 2. The molecule has 0 radical (unpaired) electrons. The fraction of sp³-hybridized carbons (Fsp3) is 0.333. The molecule has 9 heteroatoms. The quantitative estimate of drug-likeness (QED) is 0.674. The molecule has 1 aliphatic rings. The summed E-state index contributed by atoms with van der Waals surface area (Å²) in [5, 5.41) is 6.28. The summed E-state index contributed by atoms with van der Waals surface area (Å²) in [5.41, 5.74) is 3.26. The molecule has 0 saturated carbocycles. The van der Waals surface area contributed by atoms with Crippen LogP contribution in [0.25, 0.3) is 5.65 Å². The first kappa shape index (κ1) is 21.1. The number of nitrogens with zero attached hydrogens (tertiary/aromatic N) is 4. The summed E-state index contributed by atoms with van der Waals surface area (Å²) in [6, 6.07) is 1.94. The van der Waals surface area contributed by atoms with E-state index in [-0.39, 0.29) is 30.7 Å². The lowest BCUT2D eigenvalue weighted by molar-refractivity contribution is 0.0950. The van der Waals surface area contributed by atoms with Crippen molar-refractivity contribution in [2.75, 3.05) is 13.1 Å². The molecule has 3 aromatic heterocycles. The van der Waals surface area contributed by atoms with E-state index in [0.717, 1.165) is 36.4 Å². The normalized spacial score (nSPS) is 15.8. The van der Waals surface area contributed by atoms with E-state index in [1.807, 2.05) is 29.1 Å². The van der Waals surface area contributed by atoms with Gasteiger partial charge in [-0.3, -0.25) is 14.8 Å². The molecule has 144 valence electrons. The molecule has 1 fully saturated rings. The number of aromatic nitrogens is 4. The molecule has 0 spiro atoms. The van der Waals surface area contributed by atoms with Gasteiger partial charge in [-0.25, -0.2) is 4.98 Å². The number of carbonyl (C=O) groups excluding carboxylic acids is 1. The van der Waals surface area contributed by atoms with E-state index >= 15 is 0 Å². The third kappa shape index (κ3) is 5.15. The van der Waals surface area contributed by atoms with E-state index < -0.39 is 0 Å². The lowest BCUT2D eigenvalue weighted by Crippen LogP contribution is -2.23. The van der Waals surface area contributed by atoms with Crippen LogP contribution in [-0.2, 0) is 13.0 Å². The zero-order chi connectivity index (χ0) is 17.1. The lowest BCUT2D eigenvalue weighted by atomic mass is 9.99. The van der Waals surface area contributed by atoms with Crippen LogP contribution >= 0.6 is 24.8 Å². The standard InChI is InChI=1S/C18H20N6O.2ClH/c25-18(22-10-16-12-24-4-3-20-11-17(24)23-16)15-6-14(8-21-9-15)5-13-1-2-19-7-13;;/h3-4,6,8-9,11-13,19H,1-2,5,7,10H2,(H,22,25);2*1H. The third-order valence-electron chi connectivity index (χ3n) is 4.49. The zero-order valence-corrected chi connectivity index (χ0v) is 16.3. The number of fused-ring (bicyclic) bond motifs is 1. The van der Waals surface area contributed by atoms with E-state index in [1.165, 1.54) is 6.42 Å². The number of hydrogen-bond acceptors (Lipinski definition) is 5. The largest absolute Gasteiger partial charge is 0.346 e. The number of carbonyl (C=O) groups is 1. The van der Waals surface area contributed by atoms with Crippen molar-refractivity contribution < 1.29 is 4.79 Å². The topological polar surface area (TPSA) is 84.2 Å². The van der Waals surface area contributed by atoms with Crippen molar-refractivity contribution in [3.63, 3.8) is 0 Å². The zero-order valence-electron chi connectivity index (χ0n) is 14.7. The molecule has 1 atom stereocenters. The Balaban J connectivity index is 0.00000131. The number of imidazole rings is 1. The molecule has 0 aromatic carbocycles. The van der Waals surface area contributed by atoms with Gasteiger partial charge in [-0.15, -0.1) is 24.8 Å². The van der Waals surface area contributed by atoms with Crippen LogP contribution < -0.4 is 10.6 Å². The number of hydrogen-bond donors (Lipinski definition) is 2. The van der Waals surface area contributed by atoms with Crippen molar-refractivity contribution in [2.45, 2.75) is 19.4 Å². The van der Waals surface area contributed by atoms with Crippen LogP contribution in [0.1, 0.15) is 28.0 Å². The second kappa shape index (κ2) is 9.64. The van der Waals surface area contributed by atoms with Gasteiger partial charge in [-0.2, -0.15) is 0 Å². The highest BCUT2D eigenvalue weighted by atomic mass is 35.5. The Hall–Kier alpha value is -2.22. The Labute approximate surface area is 169 Å². The second-order valence-corrected chi connectivity index (χ2v) is 6.40. The lowest BCUT2D eigenvalue weighted by Gasteiger charge is -2.09. The van der Waals surface area contributed by atoms with Crippen LogP contribution in [-0.4, -0.2) is 38.3 Å². The van der Waals surface area contributed by atoms with Gasteiger partial charge in [0.25, 0.3) is 5.91 Å². The van der Waals surface area contributed by atoms with Crippen molar-refractivity contribution in [3.8, 4) is 0 Å². The van der Waals surface area contributed by atoms with Crippen LogP contribution in [0.2, 0.25) is 0 Å². The predicted molar refractivity (Wildman–Crippen MR) is 108 cm³/mol. The van der Waals surface area contributed by atoms with E-state index in [1.54, 1.807) is 18.6 Å². The summed E-state index contributed by atoms with van der Waals surface area (Å²) in [7, 11) is 0. The molecule has 4 heterocycles. The van der Waals surface area contributed by atoms with Crippen molar-refractivity contribution in [3.05, 3.63) is 60.1 Å². The van der Waals surface area contributed by atoms with Gasteiger partial charge in [0.15, 0.2) is 5.65 Å². The Morgan fingerprint density at radius 3 is 2.93 bits per heavy atom. The van der Waals surface area contributed by atoms with Crippen molar-refractivity contribution in [1.82, 2.24) is 30.0 Å². The van der Waals surface area contributed by atoms with Gasteiger partial charge < -0.3 is 15.0 Å². The number of rotatable bonds is 5. The molecule has 3 aromatic rings. The Morgan fingerprint density at radius 2 is 2.15 bits per heavy atom. The minimum Gasteiger partial charge on any atom is -0.346 e. The van der Waals surface area contributed by atoms with Gasteiger partial charge in [0.1, 0.15) is 0 Å². The minimum absolute atomic E-state index is 0. The van der Waals surface area contributed by atoms with Gasteiger partial charge >= 0.3 is 0 Å². The SMILES string of the molecule is Cl.Cl.O=C(NCc1cn2ccncc2n1)c1cncc(CC2CCNC2)c1. The smallest absolute Gasteiger partial charge is 0.253 e. The van der Waals surface area contributed by atoms with Crippen molar-refractivity contribution in [2.24, 2.45) is 5.92 Å². The maximum atomic E-state index is 12.4. The van der Waals surface area contributed by atoms with Crippen LogP contribution in [0.3, 0.4) is 0 Å². The maximum Gasteiger partial charge on any atom is 0.253 e. The molecule has 2 N–H and O–H groups in total. The van der Waals surface area contributed by atoms with Gasteiger partial charge in [0.2, 0.25) is 0 Å². The van der Waals surface area contributed by atoms with Gasteiger partial charge in [-0.1, -0.05) is 0 Å². The van der Waals surface area contributed by atoms with Gasteiger partial charge in [0.05, 0.1) is 24.0 Å². The first-order valence-corrected chi connectivity index (χ1v) is 8.48. The third-order valence-corrected chi connectivity index (χ3v) is 4.49. The van der Waals surface area contributed by atoms with Gasteiger partial charge in [-0.05, 0) is 43.5 Å². The summed E-state index contributed by atoms with van der Waals surface area (Å²) in [4.78, 5) is 25.1. The van der Waals surface area contributed by atoms with Crippen LogP contribution in [0.4, 0.5) is 0 Å². The molecule has 1 saturated heterocycles. The van der Waals surface area contributed by atoms with Gasteiger partial charge in [0, 0.05) is 31.0 Å². The fourth-order valence-electron chi connectivity index (χ4n) is 3.20. The molecule has 27 heavy (non-hydrogen) atoms. The maximum absolute atomic E-state index is 12.4. The summed E-state index contributed by atoms with van der Waals surface area (Å²) < 4.78 is 1.88. The summed E-state index contributed by atoms with van der Waals surface area (Å²) >= 11 is 0. The molecule has 0 aliphatic carbocycles. The summed E-state index contributed by atoms with van der Waals surface area (Å²) in [6.07, 6.45) is 12.7. The average molecular weight is 409 g/mol. The van der Waals surface area contributed by atoms with Crippen LogP contribution in [0, 0.1) is 5.92 Å².